The standard InChI is InChI=1S/C45H29N5S/c1-4-14-28(15-5-1)43-46-44(29-16-6-2-7-17-29)48-45(47-43)50-37-27-26-34-32-21-11-13-23-38(32)51-42(34)39(37)35-25-24-33-31-20-10-12-22-36(31)49(40(33)41(35)50)30-18-8-3-9-19-30/h1-27,43H,(H,46,47,48). The van der Waals surface area contributed by atoms with Gasteiger partial charge < -0.3 is 9.88 Å². The van der Waals surface area contributed by atoms with Crippen molar-refractivity contribution < 1.29 is 0 Å². The number of aromatic nitrogens is 2. The molecule has 0 aliphatic carbocycles. The monoisotopic (exact) mass is 671 g/mol. The summed E-state index contributed by atoms with van der Waals surface area (Å²) in [7, 11) is 0. The van der Waals surface area contributed by atoms with Crippen LogP contribution in [0.25, 0.3) is 69.5 Å². The quantitative estimate of drug-likeness (QED) is 0.200. The van der Waals surface area contributed by atoms with Crippen LogP contribution in [-0.4, -0.2) is 20.9 Å². The Kier molecular flexibility index (Phi) is 6.12. The molecule has 0 saturated heterocycles. The minimum atomic E-state index is -0.325. The highest BCUT2D eigenvalue weighted by Crippen LogP contribution is 2.46. The maximum atomic E-state index is 5.43. The normalized spacial score (nSPS) is 14.9. The molecule has 1 aliphatic rings. The van der Waals surface area contributed by atoms with Gasteiger partial charge in [0.05, 0.1) is 22.1 Å². The van der Waals surface area contributed by atoms with E-state index in [2.05, 4.69) is 166 Å². The lowest BCUT2D eigenvalue weighted by atomic mass is 10.1. The molecule has 5 nitrogen and oxygen atoms in total. The Balaban J connectivity index is 1.34. The Morgan fingerprint density at radius 3 is 1.98 bits per heavy atom. The van der Waals surface area contributed by atoms with Gasteiger partial charge in [-0.2, -0.15) is 4.99 Å². The predicted molar refractivity (Wildman–Crippen MR) is 215 cm³/mol. The molecule has 0 fully saturated rings. The summed E-state index contributed by atoms with van der Waals surface area (Å²) in [5, 5.41) is 11.0. The van der Waals surface area contributed by atoms with E-state index in [9.17, 15) is 0 Å². The van der Waals surface area contributed by atoms with Crippen molar-refractivity contribution in [1.29, 1.82) is 0 Å². The van der Waals surface area contributed by atoms with E-state index in [0.29, 0.717) is 5.96 Å². The van der Waals surface area contributed by atoms with Gasteiger partial charge >= 0.3 is 0 Å². The fourth-order valence-corrected chi connectivity index (χ4v) is 9.21. The van der Waals surface area contributed by atoms with Crippen molar-refractivity contribution >= 4 is 86.9 Å². The number of aliphatic imine (C=N–C) groups is 2. The van der Waals surface area contributed by atoms with E-state index in [0.717, 1.165) is 44.7 Å². The molecule has 11 rings (SSSR count). The molecule has 0 bridgehead atoms. The zero-order valence-electron chi connectivity index (χ0n) is 27.4. The van der Waals surface area contributed by atoms with E-state index in [4.69, 9.17) is 9.98 Å². The summed E-state index contributed by atoms with van der Waals surface area (Å²) < 4.78 is 7.31. The van der Waals surface area contributed by atoms with Crippen LogP contribution in [0.15, 0.2) is 174 Å². The third-order valence-electron chi connectivity index (χ3n) is 10.2. The first kappa shape index (κ1) is 28.3. The number of benzene rings is 7. The van der Waals surface area contributed by atoms with Crippen molar-refractivity contribution in [2.75, 3.05) is 0 Å². The Morgan fingerprint density at radius 1 is 0.510 bits per heavy atom. The molecule has 10 aromatic rings. The van der Waals surface area contributed by atoms with Crippen molar-refractivity contribution in [2.45, 2.75) is 6.17 Å². The zero-order chi connectivity index (χ0) is 33.5. The number of hydrogen-bond donors (Lipinski definition) is 1. The van der Waals surface area contributed by atoms with Crippen LogP contribution in [0.2, 0.25) is 0 Å². The van der Waals surface area contributed by atoms with Crippen LogP contribution < -0.4 is 5.32 Å². The van der Waals surface area contributed by atoms with E-state index < -0.39 is 0 Å². The minimum Gasteiger partial charge on any atom is -0.344 e. The molecule has 3 aromatic heterocycles. The van der Waals surface area contributed by atoms with Gasteiger partial charge in [-0.05, 0) is 35.9 Å². The molecule has 0 saturated carbocycles. The van der Waals surface area contributed by atoms with Crippen LogP contribution in [-0.2, 0) is 0 Å². The van der Waals surface area contributed by atoms with Crippen LogP contribution >= 0.6 is 11.3 Å². The summed E-state index contributed by atoms with van der Waals surface area (Å²) in [6.45, 7) is 0. The molecule has 0 spiro atoms. The first-order chi connectivity index (χ1) is 25.3. The van der Waals surface area contributed by atoms with Crippen molar-refractivity contribution in [3.8, 4) is 5.69 Å². The predicted octanol–water partition coefficient (Wildman–Crippen LogP) is 11.2. The average Bonchev–Trinajstić information content (AvgIpc) is 3.86. The topological polar surface area (TPSA) is 46.6 Å². The number of nitrogens with zero attached hydrogens (tertiary/aromatic N) is 4. The number of thiophene rings is 1. The minimum absolute atomic E-state index is 0.325. The first-order valence-electron chi connectivity index (χ1n) is 17.2. The van der Waals surface area contributed by atoms with Gasteiger partial charge in [0.2, 0.25) is 5.96 Å². The summed E-state index contributed by atoms with van der Waals surface area (Å²) in [6, 6.07) is 58.2. The molecule has 51 heavy (non-hydrogen) atoms. The second-order valence-corrected chi connectivity index (χ2v) is 14.1. The Labute approximate surface area is 297 Å². The van der Waals surface area contributed by atoms with Crippen LogP contribution in [0.4, 0.5) is 0 Å². The van der Waals surface area contributed by atoms with Crippen molar-refractivity contribution in [3.63, 3.8) is 0 Å². The van der Waals surface area contributed by atoms with E-state index in [-0.39, 0.29) is 6.17 Å². The molecular formula is C45H29N5S. The lowest BCUT2D eigenvalue weighted by molar-refractivity contribution is 0.668. The second-order valence-electron chi connectivity index (χ2n) is 13.0. The molecule has 0 radical (unpaired) electrons. The summed E-state index contributed by atoms with van der Waals surface area (Å²) in [5.41, 5.74) is 7.69. The molecule has 6 heteroatoms. The third kappa shape index (κ3) is 4.20. The molecule has 1 aliphatic heterocycles. The maximum absolute atomic E-state index is 5.43. The number of rotatable bonds is 3. The molecule has 240 valence electrons. The van der Waals surface area contributed by atoms with E-state index in [1.807, 2.05) is 23.5 Å². The van der Waals surface area contributed by atoms with E-state index in [1.165, 1.54) is 41.7 Å². The lowest BCUT2D eigenvalue weighted by Gasteiger charge is -2.24. The lowest BCUT2D eigenvalue weighted by Crippen LogP contribution is -2.35. The number of hydrogen-bond acceptors (Lipinski definition) is 4. The molecule has 1 N–H and O–H groups in total. The smallest absolute Gasteiger partial charge is 0.234 e. The average molecular weight is 672 g/mol. The number of fused-ring (bicyclic) bond motifs is 11. The van der Waals surface area contributed by atoms with E-state index >= 15 is 0 Å². The number of para-hydroxylation sites is 2. The summed E-state index contributed by atoms with van der Waals surface area (Å²) in [4.78, 5) is 10.8. The number of nitrogens with one attached hydrogen (secondary N) is 1. The van der Waals surface area contributed by atoms with Crippen LogP contribution in [0.3, 0.4) is 0 Å². The van der Waals surface area contributed by atoms with Gasteiger partial charge in [-0.15, -0.1) is 11.3 Å². The van der Waals surface area contributed by atoms with Crippen LogP contribution in [0.1, 0.15) is 17.3 Å². The van der Waals surface area contributed by atoms with Crippen molar-refractivity contribution in [3.05, 3.63) is 175 Å². The van der Waals surface area contributed by atoms with Gasteiger partial charge in [0.15, 0.2) is 0 Å². The molecule has 1 atom stereocenters. The van der Waals surface area contributed by atoms with Gasteiger partial charge in [-0.25, -0.2) is 4.99 Å². The highest BCUT2D eigenvalue weighted by Gasteiger charge is 2.27. The number of amidine groups is 1. The second kappa shape index (κ2) is 11.0. The molecule has 4 heterocycles. The Morgan fingerprint density at radius 2 is 1.16 bits per heavy atom. The maximum Gasteiger partial charge on any atom is 0.234 e. The van der Waals surface area contributed by atoms with E-state index in [1.54, 1.807) is 0 Å². The Bertz CT molecular complexity index is 3040. The molecule has 1 unspecified atom stereocenters. The van der Waals surface area contributed by atoms with Crippen molar-refractivity contribution in [2.24, 2.45) is 9.98 Å². The molecular weight excluding hydrogens is 643 g/mol. The van der Waals surface area contributed by atoms with Crippen molar-refractivity contribution in [1.82, 2.24) is 14.5 Å². The van der Waals surface area contributed by atoms with Gasteiger partial charge in [-0.1, -0.05) is 133 Å². The van der Waals surface area contributed by atoms with Gasteiger partial charge in [-0.3, -0.25) is 4.57 Å². The SMILES string of the molecule is c1ccc(C2=NC(n3c4ccc5c6ccccc6sc5c4c4ccc5c6ccccc6n(-c6ccccc6)c5c43)=NC(c3ccccc3)N2)cc1. The van der Waals surface area contributed by atoms with Gasteiger partial charge in [0, 0.05) is 53.0 Å². The van der Waals surface area contributed by atoms with Gasteiger partial charge in [0.1, 0.15) is 12.0 Å². The molecule has 0 amide bonds. The fraction of sp³-hybridized carbons (Fsp3) is 0.0222. The summed E-state index contributed by atoms with van der Waals surface area (Å²) >= 11 is 1.86. The fourth-order valence-electron chi connectivity index (χ4n) is 7.95. The summed E-state index contributed by atoms with van der Waals surface area (Å²) in [5.74, 6) is 1.45. The summed E-state index contributed by atoms with van der Waals surface area (Å²) in [6.07, 6.45) is -0.325. The highest BCUT2D eigenvalue weighted by molar-refractivity contribution is 7.26. The zero-order valence-corrected chi connectivity index (χ0v) is 28.2. The third-order valence-corrected chi connectivity index (χ3v) is 11.4. The largest absolute Gasteiger partial charge is 0.344 e. The first-order valence-corrected chi connectivity index (χ1v) is 18.0. The van der Waals surface area contributed by atoms with Crippen LogP contribution in [0, 0.1) is 0 Å². The van der Waals surface area contributed by atoms with Crippen LogP contribution in [0.5, 0.6) is 0 Å². The Hall–Kier alpha value is -6.50. The molecule has 7 aromatic carbocycles. The van der Waals surface area contributed by atoms with Gasteiger partial charge in [0.25, 0.3) is 0 Å². The highest BCUT2D eigenvalue weighted by atomic mass is 32.1.